The first kappa shape index (κ1) is 25.7. The molecule has 3 heterocycles. The van der Waals surface area contributed by atoms with E-state index in [9.17, 15) is 13.2 Å². The van der Waals surface area contributed by atoms with E-state index in [0.29, 0.717) is 44.0 Å². The van der Waals surface area contributed by atoms with Crippen LogP contribution in [0.3, 0.4) is 0 Å². The molecule has 2 atom stereocenters. The molecule has 190 valence electrons. The zero-order valence-electron chi connectivity index (χ0n) is 19.8. The van der Waals surface area contributed by atoms with E-state index < -0.39 is 22.2 Å². The number of nitrogens with zero attached hydrogens (tertiary/aromatic N) is 4. The van der Waals surface area contributed by atoms with E-state index in [1.807, 2.05) is 18.2 Å². The van der Waals surface area contributed by atoms with Gasteiger partial charge < -0.3 is 19.3 Å². The van der Waals surface area contributed by atoms with Crippen LogP contribution in [0.4, 0.5) is 10.6 Å². The first-order valence-corrected chi connectivity index (χ1v) is 13.6. The van der Waals surface area contributed by atoms with Crippen molar-refractivity contribution in [3.8, 4) is 0 Å². The van der Waals surface area contributed by atoms with Crippen molar-refractivity contribution in [2.75, 3.05) is 51.4 Å². The van der Waals surface area contributed by atoms with Gasteiger partial charge in [0.25, 0.3) is 0 Å². The Morgan fingerprint density at radius 2 is 1.71 bits per heavy atom. The summed E-state index contributed by atoms with van der Waals surface area (Å²) in [5.74, 6) is 0.884. The molecule has 2 saturated heterocycles. The molecular formula is C24H31ClN4O5S. The Hall–Kier alpha value is -2.40. The Bertz CT molecular complexity index is 1080. The Labute approximate surface area is 211 Å². The fourth-order valence-electron chi connectivity index (χ4n) is 4.69. The monoisotopic (exact) mass is 522 g/mol. The summed E-state index contributed by atoms with van der Waals surface area (Å²) < 4.78 is 39.6. The average molecular weight is 523 g/mol. The van der Waals surface area contributed by atoms with Gasteiger partial charge in [0.1, 0.15) is 12.4 Å². The predicted octanol–water partition coefficient (Wildman–Crippen LogP) is 3.25. The number of hydrogen-bond donors (Lipinski definition) is 0. The third-order valence-electron chi connectivity index (χ3n) is 6.45. The van der Waals surface area contributed by atoms with Gasteiger partial charge >= 0.3 is 6.09 Å². The second-order valence-corrected chi connectivity index (χ2v) is 11.0. The van der Waals surface area contributed by atoms with Crippen molar-refractivity contribution in [1.29, 1.82) is 0 Å². The number of rotatable bonds is 7. The van der Waals surface area contributed by atoms with Crippen LogP contribution in [-0.4, -0.2) is 87.3 Å². The highest BCUT2D eigenvalue weighted by Gasteiger charge is 2.40. The van der Waals surface area contributed by atoms with E-state index >= 15 is 0 Å². The van der Waals surface area contributed by atoms with Crippen molar-refractivity contribution in [2.24, 2.45) is 0 Å². The van der Waals surface area contributed by atoms with Gasteiger partial charge in [-0.3, -0.25) is 0 Å². The zero-order valence-corrected chi connectivity index (χ0v) is 21.3. The molecule has 11 heteroatoms. The molecule has 35 heavy (non-hydrogen) atoms. The highest BCUT2D eigenvalue weighted by atomic mass is 35.5. The van der Waals surface area contributed by atoms with Crippen molar-refractivity contribution in [3.05, 3.63) is 53.7 Å². The van der Waals surface area contributed by atoms with E-state index in [-0.39, 0.29) is 24.2 Å². The number of sulfonamides is 1. The standard InChI is InChI=1S/C24H31ClN4O5S/c1-33-17-20-5-4-6-21(29(20)35(31,32)22-10-8-19(25)9-11-22)18-34-24(30)28-15-13-27(14-16-28)23-7-2-3-12-26-23/h2-3,7-12,20-21H,4-6,13-18H2,1H3. The van der Waals surface area contributed by atoms with Crippen LogP contribution < -0.4 is 4.90 Å². The molecule has 1 aromatic heterocycles. The van der Waals surface area contributed by atoms with Crippen LogP contribution in [-0.2, 0) is 19.5 Å². The first-order chi connectivity index (χ1) is 16.9. The summed E-state index contributed by atoms with van der Waals surface area (Å²) in [6, 6.07) is 11.1. The van der Waals surface area contributed by atoms with Gasteiger partial charge in [-0.1, -0.05) is 24.1 Å². The molecule has 0 aliphatic carbocycles. The molecule has 2 unspecified atom stereocenters. The lowest BCUT2D eigenvalue weighted by Gasteiger charge is -2.41. The minimum atomic E-state index is -3.83. The number of piperidine rings is 1. The van der Waals surface area contributed by atoms with Gasteiger partial charge in [0.2, 0.25) is 10.0 Å². The van der Waals surface area contributed by atoms with Gasteiger partial charge in [-0.25, -0.2) is 18.2 Å². The SMILES string of the molecule is COCC1CCCC(COC(=O)N2CCN(c3ccccn3)CC2)N1S(=O)(=O)c1ccc(Cl)cc1. The maximum Gasteiger partial charge on any atom is 0.409 e. The fourth-order valence-corrected chi connectivity index (χ4v) is 6.65. The number of benzene rings is 1. The minimum absolute atomic E-state index is 0.00762. The molecule has 2 aromatic rings. The summed E-state index contributed by atoms with van der Waals surface area (Å²) in [5, 5.41) is 0.463. The minimum Gasteiger partial charge on any atom is -0.448 e. The molecule has 0 bridgehead atoms. The zero-order chi connectivity index (χ0) is 24.8. The summed E-state index contributed by atoms with van der Waals surface area (Å²) >= 11 is 5.96. The van der Waals surface area contributed by atoms with Crippen LogP contribution in [0, 0.1) is 0 Å². The number of pyridine rings is 1. The summed E-state index contributed by atoms with van der Waals surface area (Å²) in [5.41, 5.74) is 0. The summed E-state index contributed by atoms with van der Waals surface area (Å²) in [4.78, 5) is 21.1. The van der Waals surface area contributed by atoms with E-state index in [1.54, 1.807) is 30.3 Å². The Morgan fingerprint density at radius 1 is 1.03 bits per heavy atom. The van der Waals surface area contributed by atoms with Crippen molar-refractivity contribution in [2.45, 2.75) is 36.2 Å². The number of carbonyl (C=O) groups excluding carboxylic acids is 1. The molecule has 0 spiro atoms. The van der Waals surface area contributed by atoms with Crippen molar-refractivity contribution in [1.82, 2.24) is 14.2 Å². The topological polar surface area (TPSA) is 92.3 Å². The molecule has 1 amide bonds. The molecule has 2 aliphatic rings. The lowest BCUT2D eigenvalue weighted by molar-refractivity contribution is 0.0407. The second kappa shape index (κ2) is 11.6. The lowest BCUT2D eigenvalue weighted by atomic mass is 9.99. The largest absolute Gasteiger partial charge is 0.448 e. The summed E-state index contributed by atoms with van der Waals surface area (Å²) in [6.07, 6.45) is 3.43. The van der Waals surface area contributed by atoms with Gasteiger partial charge in [0, 0.05) is 50.6 Å². The third-order valence-corrected chi connectivity index (χ3v) is 8.72. The number of piperazine rings is 1. The molecular weight excluding hydrogens is 492 g/mol. The van der Waals surface area contributed by atoms with Gasteiger partial charge in [0.15, 0.2) is 0 Å². The van der Waals surface area contributed by atoms with E-state index in [1.165, 1.54) is 16.4 Å². The van der Waals surface area contributed by atoms with Crippen LogP contribution in [0.25, 0.3) is 0 Å². The smallest absolute Gasteiger partial charge is 0.409 e. The molecule has 0 N–H and O–H groups in total. The van der Waals surface area contributed by atoms with Gasteiger partial charge in [0.05, 0.1) is 17.5 Å². The lowest BCUT2D eigenvalue weighted by Crippen LogP contribution is -2.54. The van der Waals surface area contributed by atoms with Crippen molar-refractivity contribution < 1.29 is 22.7 Å². The number of methoxy groups -OCH3 is 1. The summed E-state index contributed by atoms with van der Waals surface area (Å²) in [6.45, 7) is 2.60. The van der Waals surface area contributed by atoms with Crippen LogP contribution >= 0.6 is 11.6 Å². The maximum atomic E-state index is 13.6. The Morgan fingerprint density at radius 3 is 2.34 bits per heavy atom. The number of anilines is 1. The third kappa shape index (κ3) is 6.06. The molecule has 2 aliphatic heterocycles. The predicted molar refractivity (Wildman–Crippen MR) is 133 cm³/mol. The highest BCUT2D eigenvalue weighted by molar-refractivity contribution is 7.89. The first-order valence-electron chi connectivity index (χ1n) is 11.8. The van der Waals surface area contributed by atoms with Crippen molar-refractivity contribution >= 4 is 33.5 Å². The fraction of sp³-hybridized carbons (Fsp3) is 0.500. The number of aromatic nitrogens is 1. The molecule has 0 radical (unpaired) electrons. The molecule has 0 saturated carbocycles. The van der Waals surface area contributed by atoms with Gasteiger partial charge in [-0.15, -0.1) is 0 Å². The van der Waals surface area contributed by atoms with Crippen LogP contribution in [0.1, 0.15) is 19.3 Å². The van der Waals surface area contributed by atoms with Crippen LogP contribution in [0.2, 0.25) is 5.02 Å². The maximum absolute atomic E-state index is 13.6. The Kier molecular flexibility index (Phi) is 8.48. The van der Waals surface area contributed by atoms with E-state index in [4.69, 9.17) is 21.1 Å². The number of carbonyl (C=O) groups is 1. The number of amides is 1. The van der Waals surface area contributed by atoms with E-state index in [2.05, 4.69) is 9.88 Å². The van der Waals surface area contributed by atoms with Gasteiger partial charge in [-0.2, -0.15) is 4.31 Å². The second-order valence-electron chi connectivity index (χ2n) is 8.72. The van der Waals surface area contributed by atoms with Crippen LogP contribution in [0.5, 0.6) is 0 Å². The Balaban J connectivity index is 1.41. The molecule has 9 nitrogen and oxygen atoms in total. The van der Waals surface area contributed by atoms with Crippen molar-refractivity contribution in [3.63, 3.8) is 0 Å². The number of halogens is 1. The quantitative estimate of drug-likeness (QED) is 0.551. The van der Waals surface area contributed by atoms with E-state index in [0.717, 1.165) is 12.2 Å². The molecule has 1 aromatic carbocycles. The van der Waals surface area contributed by atoms with Gasteiger partial charge in [-0.05, 0) is 49.2 Å². The number of hydrogen-bond acceptors (Lipinski definition) is 7. The normalized spacial score (nSPS) is 21.7. The molecule has 4 rings (SSSR count). The average Bonchev–Trinajstić information content (AvgIpc) is 2.88. The number of ether oxygens (including phenoxy) is 2. The molecule has 2 fully saturated rings. The highest BCUT2D eigenvalue weighted by Crippen LogP contribution is 2.31. The van der Waals surface area contributed by atoms with Crippen LogP contribution in [0.15, 0.2) is 53.6 Å². The summed E-state index contributed by atoms with van der Waals surface area (Å²) in [7, 11) is -2.28.